The molecule has 0 saturated carbocycles. The molecule has 0 aromatic rings. The average Bonchev–Trinajstić information content (AvgIpc) is 2.37. The summed E-state index contributed by atoms with van der Waals surface area (Å²) in [4.78, 5) is 18.7. The minimum absolute atomic E-state index is 0.0213. The number of urea groups is 1. The predicted molar refractivity (Wildman–Crippen MR) is 81.0 cm³/mol. The third kappa shape index (κ3) is 5.26. The Hall–Kier alpha value is -0.850. The van der Waals surface area contributed by atoms with E-state index in [-0.39, 0.29) is 6.03 Å². The largest absolute Gasteiger partial charge is 0.383 e. The number of hydrogen-bond acceptors (Lipinski definition) is 4. The summed E-state index contributed by atoms with van der Waals surface area (Å²) in [5, 5.41) is 2.89. The van der Waals surface area contributed by atoms with Crippen LogP contribution in [0.25, 0.3) is 0 Å². The van der Waals surface area contributed by atoms with Crippen LogP contribution >= 0.6 is 0 Å². The zero-order chi connectivity index (χ0) is 15.1. The van der Waals surface area contributed by atoms with Gasteiger partial charge in [-0.3, -0.25) is 4.90 Å². The van der Waals surface area contributed by atoms with Crippen LogP contribution in [0.4, 0.5) is 4.79 Å². The zero-order valence-corrected chi connectivity index (χ0v) is 13.6. The van der Waals surface area contributed by atoms with Gasteiger partial charge in [0.15, 0.2) is 0 Å². The summed E-state index contributed by atoms with van der Waals surface area (Å²) in [6.45, 7) is 9.19. The van der Waals surface area contributed by atoms with E-state index in [0.29, 0.717) is 25.2 Å². The molecule has 0 bridgehead atoms. The second kappa shape index (κ2) is 8.44. The molecule has 118 valence electrons. The van der Waals surface area contributed by atoms with E-state index in [4.69, 9.17) is 4.74 Å². The quantitative estimate of drug-likeness (QED) is 0.714. The summed E-state index contributed by atoms with van der Waals surface area (Å²) in [6, 6.07) is 0.812. The van der Waals surface area contributed by atoms with Crippen LogP contribution in [0.15, 0.2) is 0 Å². The maximum absolute atomic E-state index is 12.1. The van der Waals surface area contributed by atoms with Crippen LogP contribution in [0.5, 0.6) is 0 Å². The highest BCUT2D eigenvalue weighted by atomic mass is 16.5. The molecule has 0 aromatic carbocycles. The van der Waals surface area contributed by atoms with Crippen molar-refractivity contribution in [2.75, 3.05) is 60.5 Å². The van der Waals surface area contributed by atoms with E-state index in [0.717, 1.165) is 26.2 Å². The first-order valence-corrected chi connectivity index (χ1v) is 7.38. The molecule has 0 spiro atoms. The molecule has 1 aliphatic heterocycles. The van der Waals surface area contributed by atoms with E-state index in [2.05, 4.69) is 43.1 Å². The van der Waals surface area contributed by atoms with Gasteiger partial charge in [0.05, 0.1) is 6.61 Å². The Bertz CT molecular complexity index is 287. The van der Waals surface area contributed by atoms with Gasteiger partial charge in [0.2, 0.25) is 0 Å². The van der Waals surface area contributed by atoms with Crippen molar-refractivity contribution in [1.82, 2.24) is 20.0 Å². The Morgan fingerprint density at radius 2 is 1.90 bits per heavy atom. The van der Waals surface area contributed by atoms with Crippen LogP contribution in [-0.2, 0) is 4.74 Å². The SMILES string of the molecule is COCCNC(=O)N1CC(C)N(CCN(C)C)C(C)C1. The lowest BCUT2D eigenvalue weighted by molar-refractivity contribution is 0.0503. The molecule has 1 saturated heterocycles. The van der Waals surface area contributed by atoms with Crippen LogP contribution in [-0.4, -0.2) is 93.4 Å². The second-order valence-corrected chi connectivity index (χ2v) is 5.87. The predicted octanol–water partition coefficient (Wildman–Crippen LogP) is 0.299. The molecule has 6 nitrogen and oxygen atoms in total. The van der Waals surface area contributed by atoms with Crippen molar-refractivity contribution < 1.29 is 9.53 Å². The molecule has 1 heterocycles. The molecular weight excluding hydrogens is 256 g/mol. The lowest BCUT2D eigenvalue weighted by Crippen LogP contribution is -2.60. The van der Waals surface area contributed by atoms with E-state index in [1.165, 1.54) is 0 Å². The highest BCUT2D eigenvalue weighted by Gasteiger charge is 2.31. The molecule has 0 aromatic heterocycles. The van der Waals surface area contributed by atoms with E-state index < -0.39 is 0 Å². The summed E-state index contributed by atoms with van der Waals surface area (Å²) < 4.78 is 4.95. The third-order valence-electron chi connectivity index (χ3n) is 3.78. The normalized spacial score (nSPS) is 24.2. The van der Waals surface area contributed by atoms with Gasteiger partial charge in [-0.1, -0.05) is 0 Å². The number of rotatable bonds is 6. The van der Waals surface area contributed by atoms with Gasteiger partial charge in [-0.15, -0.1) is 0 Å². The minimum atomic E-state index is 0.0213. The molecule has 2 unspecified atom stereocenters. The number of piperazine rings is 1. The van der Waals surface area contributed by atoms with Crippen LogP contribution in [0.1, 0.15) is 13.8 Å². The molecule has 6 heteroatoms. The number of hydrogen-bond donors (Lipinski definition) is 1. The lowest BCUT2D eigenvalue weighted by Gasteiger charge is -2.44. The summed E-state index contributed by atoms with van der Waals surface area (Å²) >= 11 is 0. The van der Waals surface area contributed by atoms with Gasteiger partial charge in [-0.05, 0) is 27.9 Å². The number of ether oxygens (including phenoxy) is 1. The Morgan fingerprint density at radius 3 is 2.40 bits per heavy atom. The first-order chi connectivity index (χ1) is 9.45. The fourth-order valence-electron chi connectivity index (χ4n) is 2.65. The van der Waals surface area contributed by atoms with Gasteiger partial charge in [0.1, 0.15) is 0 Å². The summed E-state index contributed by atoms with van der Waals surface area (Å²) in [6.07, 6.45) is 0. The van der Waals surface area contributed by atoms with Crippen LogP contribution < -0.4 is 5.32 Å². The van der Waals surface area contributed by atoms with Crippen molar-refractivity contribution in [2.24, 2.45) is 0 Å². The maximum Gasteiger partial charge on any atom is 0.317 e. The van der Waals surface area contributed by atoms with Crippen molar-refractivity contribution in [3.8, 4) is 0 Å². The fraction of sp³-hybridized carbons (Fsp3) is 0.929. The summed E-state index contributed by atoms with van der Waals surface area (Å²) in [5.74, 6) is 0. The third-order valence-corrected chi connectivity index (χ3v) is 3.78. The topological polar surface area (TPSA) is 48.1 Å². The standard InChI is InChI=1S/C14H30N4O2/c1-12-10-17(14(19)15-6-9-20-5)11-13(2)18(12)8-7-16(3)4/h12-13H,6-11H2,1-5H3,(H,15,19). The summed E-state index contributed by atoms with van der Waals surface area (Å²) in [5.41, 5.74) is 0. The number of methoxy groups -OCH3 is 1. The van der Waals surface area contributed by atoms with E-state index in [9.17, 15) is 4.79 Å². The van der Waals surface area contributed by atoms with E-state index in [1.54, 1.807) is 7.11 Å². The second-order valence-electron chi connectivity index (χ2n) is 5.87. The number of likely N-dealkylation sites (N-methyl/N-ethyl adjacent to an activating group) is 1. The van der Waals surface area contributed by atoms with Crippen molar-refractivity contribution in [1.29, 1.82) is 0 Å². The first kappa shape index (κ1) is 17.2. The van der Waals surface area contributed by atoms with Crippen LogP contribution in [0, 0.1) is 0 Å². The zero-order valence-electron chi connectivity index (χ0n) is 13.6. The van der Waals surface area contributed by atoms with Gasteiger partial charge in [0, 0.05) is 51.9 Å². The summed E-state index contributed by atoms with van der Waals surface area (Å²) in [7, 11) is 5.82. The maximum atomic E-state index is 12.1. The van der Waals surface area contributed by atoms with Gasteiger partial charge in [0.25, 0.3) is 0 Å². The molecule has 1 fully saturated rings. The molecule has 2 atom stereocenters. The highest BCUT2D eigenvalue weighted by Crippen LogP contribution is 2.15. The number of carbonyl (C=O) groups is 1. The smallest absolute Gasteiger partial charge is 0.317 e. The van der Waals surface area contributed by atoms with Crippen molar-refractivity contribution in [3.63, 3.8) is 0 Å². The molecule has 1 rings (SSSR count). The molecule has 1 aliphatic rings. The van der Waals surface area contributed by atoms with E-state index in [1.807, 2.05) is 4.90 Å². The Labute approximate surface area is 123 Å². The molecule has 0 radical (unpaired) electrons. The van der Waals surface area contributed by atoms with Crippen molar-refractivity contribution in [2.45, 2.75) is 25.9 Å². The number of nitrogens with one attached hydrogen (secondary N) is 1. The molecular formula is C14H30N4O2. The van der Waals surface area contributed by atoms with Crippen molar-refractivity contribution in [3.05, 3.63) is 0 Å². The number of nitrogens with zero attached hydrogens (tertiary/aromatic N) is 3. The monoisotopic (exact) mass is 286 g/mol. The minimum Gasteiger partial charge on any atom is -0.383 e. The molecule has 20 heavy (non-hydrogen) atoms. The number of carbonyl (C=O) groups excluding carboxylic acids is 1. The Balaban J connectivity index is 2.44. The van der Waals surface area contributed by atoms with Crippen molar-refractivity contribution >= 4 is 6.03 Å². The Kier molecular flexibility index (Phi) is 7.26. The Morgan fingerprint density at radius 1 is 1.30 bits per heavy atom. The van der Waals surface area contributed by atoms with Crippen LogP contribution in [0.3, 0.4) is 0 Å². The van der Waals surface area contributed by atoms with Gasteiger partial charge in [-0.2, -0.15) is 0 Å². The molecule has 2 amide bonds. The molecule has 1 N–H and O–H groups in total. The highest BCUT2D eigenvalue weighted by molar-refractivity contribution is 5.74. The number of amides is 2. The fourth-order valence-corrected chi connectivity index (χ4v) is 2.65. The van der Waals surface area contributed by atoms with Gasteiger partial charge < -0.3 is 19.9 Å². The lowest BCUT2D eigenvalue weighted by atomic mass is 10.1. The average molecular weight is 286 g/mol. The van der Waals surface area contributed by atoms with Crippen LogP contribution in [0.2, 0.25) is 0 Å². The van der Waals surface area contributed by atoms with Gasteiger partial charge >= 0.3 is 6.03 Å². The van der Waals surface area contributed by atoms with Gasteiger partial charge in [-0.25, -0.2) is 4.79 Å². The van der Waals surface area contributed by atoms with E-state index >= 15 is 0 Å². The molecule has 0 aliphatic carbocycles. The first-order valence-electron chi connectivity index (χ1n) is 7.38.